The molecule has 2 aliphatic heterocycles. The fourth-order valence-electron chi connectivity index (χ4n) is 3.10. The van der Waals surface area contributed by atoms with Crippen LogP contribution in [0.5, 0.6) is 0 Å². The Balaban J connectivity index is 1.68. The number of rotatable bonds is 3. The Hall–Kier alpha value is -1.87. The molecule has 2 saturated heterocycles. The van der Waals surface area contributed by atoms with Crippen molar-refractivity contribution in [3.63, 3.8) is 0 Å². The van der Waals surface area contributed by atoms with E-state index < -0.39 is 15.3 Å². The molecule has 0 radical (unpaired) electrons. The second kappa shape index (κ2) is 5.97. The fourth-order valence-corrected chi connectivity index (χ4v) is 3.92. The van der Waals surface area contributed by atoms with Crippen LogP contribution >= 0.6 is 0 Å². The van der Waals surface area contributed by atoms with Crippen LogP contribution in [0.3, 0.4) is 0 Å². The van der Waals surface area contributed by atoms with Crippen molar-refractivity contribution in [2.75, 3.05) is 26.2 Å². The Morgan fingerprint density at radius 2 is 1.83 bits per heavy atom. The van der Waals surface area contributed by atoms with Crippen LogP contribution in [0.1, 0.15) is 40.1 Å². The zero-order valence-corrected chi connectivity index (χ0v) is 13.5. The summed E-state index contributed by atoms with van der Waals surface area (Å²) in [5.74, 6) is -0.391. The number of H-pyrrole nitrogens is 1. The maximum Gasteiger partial charge on any atom is 0.270 e. The van der Waals surface area contributed by atoms with Gasteiger partial charge in [-0.05, 0) is 25.3 Å². The van der Waals surface area contributed by atoms with E-state index in [9.17, 15) is 18.0 Å². The first-order valence-corrected chi connectivity index (χ1v) is 9.26. The number of amides is 2. The van der Waals surface area contributed by atoms with Gasteiger partial charge in [0.15, 0.2) is 0 Å². The number of aromatic nitrogens is 1. The molecule has 0 spiro atoms. The van der Waals surface area contributed by atoms with Crippen molar-refractivity contribution >= 4 is 21.8 Å². The van der Waals surface area contributed by atoms with Gasteiger partial charge in [0, 0.05) is 32.4 Å². The predicted octanol–water partition coefficient (Wildman–Crippen LogP) is -0.246. The lowest BCUT2D eigenvalue weighted by atomic mass is 10.2. The third-order valence-corrected chi connectivity index (χ3v) is 5.76. The standard InChI is InChI=1S/C14H20N4O4S/c15-23(21,22)11-3-6-18(9-11)13(19)10-7-12(16-8-10)14(20)17-4-1-2-5-17/h7-8,11,16H,1-6,9H2,(H2,15,21,22). The van der Waals surface area contributed by atoms with Gasteiger partial charge in [0.2, 0.25) is 10.0 Å². The van der Waals surface area contributed by atoms with E-state index in [4.69, 9.17) is 5.14 Å². The molecule has 0 aromatic carbocycles. The number of carbonyl (C=O) groups is 2. The van der Waals surface area contributed by atoms with Crippen LogP contribution < -0.4 is 5.14 Å². The summed E-state index contributed by atoms with van der Waals surface area (Å²) in [7, 11) is -3.63. The molecule has 2 aliphatic rings. The number of sulfonamides is 1. The van der Waals surface area contributed by atoms with Crippen LogP contribution in [-0.2, 0) is 10.0 Å². The Morgan fingerprint density at radius 3 is 2.43 bits per heavy atom. The summed E-state index contributed by atoms with van der Waals surface area (Å²) in [6.07, 6.45) is 3.84. The van der Waals surface area contributed by atoms with Gasteiger partial charge in [0.05, 0.1) is 10.8 Å². The lowest BCUT2D eigenvalue weighted by molar-refractivity contribution is 0.0786. The maximum absolute atomic E-state index is 12.4. The first kappa shape index (κ1) is 16.0. The van der Waals surface area contributed by atoms with Crippen molar-refractivity contribution in [3.8, 4) is 0 Å². The van der Waals surface area contributed by atoms with Crippen LogP contribution in [0, 0.1) is 0 Å². The number of likely N-dealkylation sites (tertiary alicyclic amines) is 2. The largest absolute Gasteiger partial charge is 0.356 e. The van der Waals surface area contributed by atoms with Gasteiger partial charge in [0.25, 0.3) is 11.8 Å². The summed E-state index contributed by atoms with van der Waals surface area (Å²) in [6, 6.07) is 1.53. The van der Waals surface area contributed by atoms with E-state index in [2.05, 4.69) is 4.98 Å². The number of nitrogens with two attached hydrogens (primary N) is 1. The summed E-state index contributed by atoms with van der Waals surface area (Å²) in [6.45, 7) is 1.92. The Morgan fingerprint density at radius 1 is 1.13 bits per heavy atom. The fraction of sp³-hybridized carbons (Fsp3) is 0.571. The van der Waals surface area contributed by atoms with Gasteiger partial charge < -0.3 is 14.8 Å². The second-order valence-electron chi connectivity index (χ2n) is 6.05. The lowest BCUT2D eigenvalue weighted by Gasteiger charge is -2.15. The Kier molecular flexibility index (Phi) is 4.15. The molecule has 2 amide bonds. The monoisotopic (exact) mass is 340 g/mol. The third kappa shape index (κ3) is 3.25. The Labute approximate surface area is 134 Å². The average Bonchev–Trinajstić information content (AvgIpc) is 3.24. The zero-order chi connectivity index (χ0) is 16.6. The topological polar surface area (TPSA) is 117 Å². The van der Waals surface area contributed by atoms with Crippen LogP contribution in [0.4, 0.5) is 0 Å². The number of primary sulfonamides is 1. The molecule has 1 atom stereocenters. The number of hydrogen-bond donors (Lipinski definition) is 2. The molecule has 2 fully saturated rings. The van der Waals surface area contributed by atoms with E-state index in [0.717, 1.165) is 25.9 Å². The summed E-state index contributed by atoms with van der Waals surface area (Å²) in [5, 5.41) is 4.42. The molecule has 0 bridgehead atoms. The van der Waals surface area contributed by atoms with Crippen molar-refractivity contribution < 1.29 is 18.0 Å². The minimum absolute atomic E-state index is 0.0955. The van der Waals surface area contributed by atoms with Crippen molar-refractivity contribution in [2.45, 2.75) is 24.5 Å². The van der Waals surface area contributed by atoms with E-state index in [1.165, 1.54) is 17.2 Å². The van der Waals surface area contributed by atoms with Gasteiger partial charge >= 0.3 is 0 Å². The zero-order valence-electron chi connectivity index (χ0n) is 12.7. The van der Waals surface area contributed by atoms with E-state index in [1.54, 1.807) is 4.90 Å². The van der Waals surface area contributed by atoms with Crippen LogP contribution in [-0.4, -0.2) is 66.4 Å². The number of carbonyl (C=O) groups excluding carboxylic acids is 2. The molecule has 1 aromatic rings. The van der Waals surface area contributed by atoms with Gasteiger partial charge in [-0.25, -0.2) is 13.6 Å². The SMILES string of the molecule is NS(=O)(=O)C1CCN(C(=O)c2c[nH]c(C(=O)N3CCCC3)c2)C1. The van der Waals surface area contributed by atoms with Gasteiger partial charge in [-0.15, -0.1) is 0 Å². The number of nitrogens with zero attached hydrogens (tertiary/aromatic N) is 2. The number of hydrogen-bond acceptors (Lipinski definition) is 4. The minimum atomic E-state index is -3.63. The van der Waals surface area contributed by atoms with Gasteiger partial charge in [-0.1, -0.05) is 0 Å². The van der Waals surface area contributed by atoms with Crippen LogP contribution in [0.15, 0.2) is 12.3 Å². The molecule has 9 heteroatoms. The number of aromatic amines is 1. The first-order valence-electron chi connectivity index (χ1n) is 7.65. The molecule has 1 unspecified atom stereocenters. The normalized spacial score (nSPS) is 21.9. The lowest BCUT2D eigenvalue weighted by Crippen LogP contribution is -2.34. The highest BCUT2D eigenvalue weighted by Gasteiger charge is 2.34. The highest BCUT2D eigenvalue weighted by molar-refractivity contribution is 7.89. The maximum atomic E-state index is 12.4. The van der Waals surface area contributed by atoms with E-state index >= 15 is 0 Å². The summed E-state index contributed by atoms with van der Waals surface area (Å²) in [5.41, 5.74) is 0.750. The molecule has 0 saturated carbocycles. The van der Waals surface area contributed by atoms with E-state index in [0.29, 0.717) is 24.2 Å². The average molecular weight is 340 g/mol. The second-order valence-corrected chi connectivity index (χ2v) is 7.90. The summed E-state index contributed by atoms with van der Waals surface area (Å²) in [4.78, 5) is 30.7. The first-order chi connectivity index (χ1) is 10.9. The van der Waals surface area contributed by atoms with Crippen molar-refractivity contribution in [3.05, 3.63) is 23.5 Å². The predicted molar refractivity (Wildman–Crippen MR) is 83.3 cm³/mol. The van der Waals surface area contributed by atoms with Gasteiger partial charge in [0.1, 0.15) is 5.69 Å². The molecule has 0 aliphatic carbocycles. The molecule has 23 heavy (non-hydrogen) atoms. The van der Waals surface area contributed by atoms with Gasteiger partial charge in [-0.2, -0.15) is 0 Å². The molecular formula is C14H20N4O4S. The van der Waals surface area contributed by atoms with Crippen molar-refractivity contribution in [1.29, 1.82) is 0 Å². The molecular weight excluding hydrogens is 320 g/mol. The highest BCUT2D eigenvalue weighted by Crippen LogP contribution is 2.19. The quantitative estimate of drug-likeness (QED) is 0.789. The summed E-state index contributed by atoms with van der Waals surface area (Å²) < 4.78 is 22.7. The number of nitrogens with one attached hydrogen (secondary N) is 1. The van der Waals surface area contributed by atoms with Crippen molar-refractivity contribution in [1.82, 2.24) is 14.8 Å². The smallest absolute Gasteiger partial charge is 0.270 e. The molecule has 8 nitrogen and oxygen atoms in total. The Bertz CT molecular complexity index is 721. The molecule has 3 N–H and O–H groups in total. The minimum Gasteiger partial charge on any atom is -0.356 e. The van der Waals surface area contributed by atoms with Crippen molar-refractivity contribution in [2.24, 2.45) is 5.14 Å². The highest BCUT2D eigenvalue weighted by atomic mass is 32.2. The summed E-state index contributed by atoms with van der Waals surface area (Å²) >= 11 is 0. The molecule has 3 heterocycles. The van der Waals surface area contributed by atoms with Crippen LogP contribution in [0.2, 0.25) is 0 Å². The van der Waals surface area contributed by atoms with Gasteiger partial charge in [-0.3, -0.25) is 9.59 Å². The van der Waals surface area contributed by atoms with E-state index in [1.807, 2.05) is 0 Å². The third-order valence-electron chi connectivity index (χ3n) is 4.45. The molecule has 126 valence electrons. The molecule has 1 aromatic heterocycles. The van der Waals surface area contributed by atoms with Crippen LogP contribution in [0.25, 0.3) is 0 Å². The van der Waals surface area contributed by atoms with E-state index in [-0.39, 0.29) is 18.4 Å². The molecule has 3 rings (SSSR count).